The second-order valence-corrected chi connectivity index (χ2v) is 15.3. The highest BCUT2D eigenvalue weighted by atomic mass is 35.5. The van der Waals surface area contributed by atoms with Gasteiger partial charge in [-0.3, -0.25) is 9.79 Å². The van der Waals surface area contributed by atoms with Crippen LogP contribution in [0.3, 0.4) is 0 Å². The van der Waals surface area contributed by atoms with Gasteiger partial charge in [0.15, 0.2) is 10.8 Å². The number of amidine groups is 1. The fourth-order valence-corrected chi connectivity index (χ4v) is 9.05. The Bertz CT molecular complexity index is 2050. The Hall–Kier alpha value is -4.05. The normalized spacial score (nSPS) is 22.8. The zero-order valence-corrected chi connectivity index (χ0v) is 28.1. The van der Waals surface area contributed by atoms with E-state index in [1.165, 1.54) is 29.5 Å². The lowest BCUT2D eigenvalue weighted by Crippen LogP contribution is -2.39. The predicted molar refractivity (Wildman–Crippen MR) is 177 cm³/mol. The number of aliphatic imine (C=N–C) groups is 1. The van der Waals surface area contributed by atoms with Crippen LogP contribution in [-0.4, -0.2) is 57.6 Å². The number of aliphatic carboxylic acids is 1. The van der Waals surface area contributed by atoms with E-state index in [9.17, 15) is 31.5 Å². The third kappa shape index (κ3) is 6.64. The van der Waals surface area contributed by atoms with Gasteiger partial charge in [0.2, 0.25) is 10.0 Å². The summed E-state index contributed by atoms with van der Waals surface area (Å²) in [6.45, 7) is -2.73. The van der Waals surface area contributed by atoms with Gasteiger partial charge in [0.05, 0.1) is 16.5 Å². The average molecular weight is 731 g/mol. The minimum Gasteiger partial charge on any atom is -0.481 e. The highest BCUT2D eigenvalue weighted by molar-refractivity contribution is 7.89. The summed E-state index contributed by atoms with van der Waals surface area (Å²) in [5, 5.41) is 15.8. The number of carboxylic acids is 1. The molecule has 1 saturated carbocycles. The van der Waals surface area contributed by atoms with Crippen molar-refractivity contribution in [2.24, 2.45) is 10.9 Å². The van der Waals surface area contributed by atoms with Crippen LogP contribution in [0.1, 0.15) is 72.4 Å². The summed E-state index contributed by atoms with van der Waals surface area (Å²) in [5.74, 6) is -1.07. The molecule has 10 nitrogen and oxygen atoms in total. The second-order valence-electron chi connectivity index (χ2n) is 12.3. The molecule has 3 aliphatic rings. The molecule has 0 amide bonds. The number of carbonyl (C=O) groups is 1. The Morgan fingerprint density at radius 1 is 1.08 bits per heavy atom. The largest absolute Gasteiger partial charge is 0.481 e. The van der Waals surface area contributed by atoms with Crippen LogP contribution in [0, 0.1) is 11.7 Å². The van der Waals surface area contributed by atoms with Crippen molar-refractivity contribution in [3.63, 3.8) is 0 Å². The summed E-state index contributed by atoms with van der Waals surface area (Å²) in [6, 6.07) is 10.5. The highest BCUT2D eigenvalue weighted by Crippen LogP contribution is 2.46. The van der Waals surface area contributed by atoms with Gasteiger partial charge in [0, 0.05) is 58.6 Å². The Morgan fingerprint density at radius 2 is 1.84 bits per heavy atom. The van der Waals surface area contributed by atoms with Gasteiger partial charge >= 0.3 is 12.5 Å². The van der Waals surface area contributed by atoms with E-state index < -0.39 is 40.4 Å². The van der Waals surface area contributed by atoms with Crippen LogP contribution in [-0.2, 0) is 14.8 Å². The van der Waals surface area contributed by atoms with Gasteiger partial charge in [-0.1, -0.05) is 29.8 Å². The number of sulfonamides is 1. The molecule has 49 heavy (non-hydrogen) atoms. The summed E-state index contributed by atoms with van der Waals surface area (Å²) < 4.78 is 72.2. The van der Waals surface area contributed by atoms with Gasteiger partial charge in [-0.25, -0.2) is 27.2 Å². The SMILES string of the molecule is O=C(O)C1CCC(c2ccc(S(=O)(=O)N[C@H]3CC4=C(c5ccn(C(F)F)n5)[C@H](c5ccc(F)cc5Cl)N=C(c5nccs5)N4C3)cc2)CC1. The van der Waals surface area contributed by atoms with Crippen molar-refractivity contribution in [1.82, 2.24) is 24.4 Å². The number of hydrogen-bond acceptors (Lipinski definition) is 8. The maximum Gasteiger partial charge on any atom is 0.333 e. The number of halogens is 4. The molecular formula is C33H30ClF3N6O4S2. The Balaban J connectivity index is 1.21. The van der Waals surface area contributed by atoms with Crippen LogP contribution in [0.2, 0.25) is 5.02 Å². The molecule has 4 aromatic rings. The number of hydrogen-bond donors (Lipinski definition) is 2. The monoisotopic (exact) mass is 730 g/mol. The molecule has 0 bridgehead atoms. The van der Waals surface area contributed by atoms with Crippen LogP contribution in [0.15, 0.2) is 81.9 Å². The first kappa shape index (κ1) is 33.4. The molecule has 7 rings (SSSR count). The minimum absolute atomic E-state index is 0.0787. The first-order chi connectivity index (χ1) is 23.5. The number of rotatable bonds is 9. The van der Waals surface area contributed by atoms with Crippen LogP contribution in [0.5, 0.6) is 0 Å². The number of alkyl halides is 2. The van der Waals surface area contributed by atoms with E-state index in [0.717, 1.165) is 30.7 Å². The lowest BCUT2D eigenvalue weighted by atomic mass is 9.79. The van der Waals surface area contributed by atoms with Crippen LogP contribution in [0.25, 0.3) is 5.57 Å². The van der Waals surface area contributed by atoms with Crippen molar-refractivity contribution in [2.75, 3.05) is 6.54 Å². The topological polar surface area (TPSA) is 130 Å². The Morgan fingerprint density at radius 3 is 2.47 bits per heavy atom. The molecule has 1 saturated heterocycles. The third-order valence-corrected chi connectivity index (χ3v) is 11.9. The second kappa shape index (κ2) is 13.3. The van der Waals surface area contributed by atoms with Gasteiger partial charge in [0.1, 0.15) is 11.9 Å². The number of nitrogens with one attached hydrogen (secondary N) is 1. The fraction of sp³-hybridized carbons (Fsp3) is 0.333. The first-order valence-electron chi connectivity index (χ1n) is 15.6. The summed E-state index contributed by atoms with van der Waals surface area (Å²) >= 11 is 7.86. The summed E-state index contributed by atoms with van der Waals surface area (Å²) in [7, 11) is -4.00. The molecule has 0 spiro atoms. The molecule has 2 fully saturated rings. The zero-order chi connectivity index (χ0) is 34.4. The van der Waals surface area contributed by atoms with Gasteiger partial charge in [-0.15, -0.1) is 11.3 Å². The molecule has 0 unspecified atom stereocenters. The van der Waals surface area contributed by atoms with E-state index in [4.69, 9.17) is 16.6 Å². The molecule has 2 N–H and O–H groups in total. The standard InChI is InChI=1S/C33H30ClF3N6O4S2/c34-25-15-21(35)7-10-24(25)29-28(26-11-13-43(40-26)33(36)37)27-16-22(17-42(27)30(39-29)31-38-12-14-48-31)41-49(46,47)23-8-5-19(6-9-23)18-1-3-20(4-2-18)32(44)45/h5-15,18,20,22,29,33,41H,1-4,16-17H2,(H,44,45)/t18?,20?,22-,29-/m0/s1. The number of fused-ring (bicyclic) bond motifs is 1. The van der Waals surface area contributed by atoms with Crippen LogP contribution in [0.4, 0.5) is 13.2 Å². The lowest BCUT2D eigenvalue weighted by molar-refractivity contribution is -0.142. The van der Waals surface area contributed by atoms with E-state index in [0.29, 0.717) is 45.2 Å². The quantitative estimate of drug-likeness (QED) is 0.193. The van der Waals surface area contributed by atoms with Gasteiger partial charge in [-0.05, 0) is 67.5 Å². The number of aromatic nitrogens is 3. The van der Waals surface area contributed by atoms with E-state index >= 15 is 0 Å². The Kier molecular flexibility index (Phi) is 9.11. The van der Waals surface area contributed by atoms with Crippen molar-refractivity contribution in [3.8, 4) is 0 Å². The van der Waals surface area contributed by atoms with Crippen molar-refractivity contribution >= 4 is 50.3 Å². The maximum absolute atomic E-state index is 14.1. The molecule has 2 aliphatic heterocycles. The molecule has 256 valence electrons. The fourth-order valence-electron chi connectivity index (χ4n) is 6.91. The molecular weight excluding hydrogens is 701 g/mol. The minimum atomic E-state index is -4.00. The van der Waals surface area contributed by atoms with E-state index in [-0.39, 0.29) is 40.4 Å². The lowest BCUT2D eigenvalue weighted by Gasteiger charge is -2.32. The zero-order valence-electron chi connectivity index (χ0n) is 25.7. The number of carboxylic acid groups (broad SMARTS) is 1. The number of benzene rings is 2. The van der Waals surface area contributed by atoms with Crippen molar-refractivity contribution in [3.05, 3.63) is 105 Å². The maximum atomic E-state index is 14.1. The molecule has 4 heterocycles. The van der Waals surface area contributed by atoms with Crippen molar-refractivity contribution in [1.29, 1.82) is 0 Å². The van der Waals surface area contributed by atoms with E-state index in [1.807, 2.05) is 4.90 Å². The third-order valence-electron chi connectivity index (χ3n) is 9.28. The number of thiazole rings is 1. The molecule has 2 aromatic carbocycles. The molecule has 0 radical (unpaired) electrons. The molecule has 2 aromatic heterocycles. The van der Waals surface area contributed by atoms with Gasteiger partial charge in [-0.2, -0.15) is 13.9 Å². The smallest absolute Gasteiger partial charge is 0.333 e. The molecule has 1 aliphatic carbocycles. The summed E-state index contributed by atoms with van der Waals surface area (Å²) in [6.07, 6.45) is 5.54. The highest BCUT2D eigenvalue weighted by Gasteiger charge is 2.42. The molecule has 2 atom stereocenters. The average Bonchev–Trinajstić information content (AvgIpc) is 3.86. The van der Waals surface area contributed by atoms with Crippen molar-refractivity contribution in [2.45, 2.75) is 61.6 Å². The molecule has 16 heteroatoms. The summed E-state index contributed by atoms with van der Waals surface area (Å²) in [5.41, 5.74) is 2.63. The van der Waals surface area contributed by atoms with E-state index in [2.05, 4.69) is 14.8 Å². The van der Waals surface area contributed by atoms with E-state index in [1.54, 1.807) is 35.8 Å². The van der Waals surface area contributed by atoms with Crippen molar-refractivity contribution < 1.29 is 31.5 Å². The summed E-state index contributed by atoms with van der Waals surface area (Å²) in [4.78, 5) is 22.7. The van der Waals surface area contributed by atoms with Crippen LogP contribution >= 0.6 is 22.9 Å². The van der Waals surface area contributed by atoms with Gasteiger partial charge < -0.3 is 10.0 Å². The predicted octanol–water partition coefficient (Wildman–Crippen LogP) is 6.85. The number of nitrogens with zero attached hydrogens (tertiary/aromatic N) is 5. The first-order valence-corrected chi connectivity index (χ1v) is 18.3. The van der Waals surface area contributed by atoms with Crippen LogP contribution < -0.4 is 4.72 Å². The van der Waals surface area contributed by atoms with Gasteiger partial charge in [0.25, 0.3) is 0 Å². The Labute approximate surface area is 289 Å².